The first-order chi connectivity index (χ1) is 20.4. The molecule has 228 valence electrons. The first kappa shape index (κ1) is 32.5. The third-order valence-electron chi connectivity index (χ3n) is 6.47. The molecule has 0 amide bonds. The van der Waals surface area contributed by atoms with Crippen molar-refractivity contribution in [2.45, 2.75) is 20.3 Å². The van der Waals surface area contributed by atoms with Crippen LogP contribution in [0.1, 0.15) is 26.6 Å². The lowest BCUT2D eigenvalue weighted by Crippen LogP contribution is -2.32. The zero-order valence-corrected chi connectivity index (χ0v) is 27.0. The van der Waals surface area contributed by atoms with Gasteiger partial charge in [0.2, 0.25) is 0 Å². The van der Waals surface area contributed by atoms with E-state index in [9.17, 15) is 16.8 Å². The van der Waals surface area contributed by atoms with Crippen molar-refractivity contribution in [1.82, 2.24) is 4.98 Å². The number of aromatic nitrogens is 1. The van der Waals surface area contributed by atoms with E-state index in [2.05, 4.69) is 24.0 Å². The zero-order valence-electron chi connectivity index (χ0n) is 24.6. The molecule has 0 radical (unpaired) electrons. The van der Waals surface area contributed by atoms with Gasteiger partial charge in [-0.25, -0.2) is 4.98 Å². The highest BCUT2D eigenvalue weighted by Crippen LogP contribution is 2.30. The van der Waals surface area contributed by atoms with Gasteiger partial charge in [-0.1, -0.05) is 48.5 Å². The number of hydrogen-bond acceptors (Lipinski definition) is 10. The van der Waals surface area contributed by atoms with Crippen molar-refractivity contribution in [3.05, 3.63) is 99.4 Å². The number of aryl methyl sites for hydroxylation is 2. The second-order valence-corrected chi connectivity index (χ2v) is 14.6. The Balaban J connectivity index is 1.43. The summed E-state index contributed by atoms with van der Waals surface area (Å²) in [5, 5.41) is 1.09. The topological polar surface area (TPSA) is 115 Å². The Morgan fingerprint density at radius 1 is 0.860 bits per heavy atom. The van der Waals surface area contributed by atoms with Crippen molar-refractivity contribution in [3.63, 3.8) is 0 Å². The van der Waals surface area contributed by atoms with Crippen LogP contribution < -0.4 is 4.90 Å². The van der Waals surface area contributed by atoms with Crippen LogP contribution in [0.15, 0.2) is 77.8 Å². The van der Waals surface area contributed by atoms with Gasteiger partial charge in [0.25, 0.3) is 20.2 Å². The van der Waals surface area contributed by atoms with Gasteiger partial charge in [0.05, 0.1) is 42.1 Å². The van der Waals surface area contributed by atoms with E-state index >= 15 is 0 Å². The van der Waals surface area contributed by atoms with Gasteiger partial charge in [-0.15, -0.1) is 11.3 Å². The lowest BCUT2D eigenvalue weighted by Gasteiger charge is -2.25. The minimum Gasteiger partial charge on any atom is -0.367 e. The van der Waals surface area contributed by atoms with Gasteiger partial charge in [0.15, 0.2) is 0 Å². The standard InChI is InChI=1S/C31H35N3O6S3/c1-23-20-29(34(16-18-39-42(3,35)36)17-19-40-43(4,37)38)15-12-27(23)22-32-28-13-10-26(11-14-28)31-24(2)41-30(33-31)21-25-8-6-5-7-9-25/h5-15,20,22H,16-19,21H2,1-4H3. The van der Waals surface area contributed by atoms with Gasteiger partial charge < -0.3 is 4.90 Å². The third-order valence-corrected chi connectivity index (χ3v) is 8.63. The molecule has 0 N–H and O–H groups in total. The number of rotatable bonds is 14. The molecule has 0 atom stereocenters. The van der Waals surface area contributed by atoms with E-state index in [0.29, 0.717) is 0 Å². The molecular formula is C31H35N3O6S3. The minimum absolute atomic E-state index is 0.0786. The molecule has 0 saturated heterocycles. The van der Waals surface area contributed by atoms with E-state index in [1.54, 1.807) is 17.6 Å². The van der Waals surface area contributed by atoms with Crippen LogP contribution in [-0.4, -0.2) is 66.8 Å². The monoisotopic (exact) mass is 641 g/mol. The summed E-state index contributed by atoms with van der Waals surface area (Å²) in [7, 11) is -7.20. The number of benzene rings is 3. The Kier molecular flexibility index (Phi) is 10.9. The Bertz CT molecular complexity index is 1730. The van der Waals surface area contributed by atoms with Crippen LogP contribution in [0, 0.1) is 13.8 Å². The third kappa shape index (κ3) is 10.4. The summed E-state index contributed by atoms with van der Waals surface area (Å²) in [6, 6.07) is 24.1. The van der Waals surface area contributed by atoms with Crippen LogP contribution >= 0.6 is 11.3 Å². The molecule has 4 rings (SSSR count). The Morgan fingerprint density at radius 3 is 2.07 bits per heavy atom. The summed E-state index contributed by atoms with van der Waals surface area (Å²) in [4.78, 5) is 12.5. The predicted octanol–water partition coefficient (Wildman–Crippen LogP) is 5.53. The van der Waals surface area contributed by atoms with Gasteiger partial charge in [-0.05, 0) is 54.8 Å². The smallest absolute Gasteiger partial charge is 0.264 e. The van der Waals surface area contributed by atoms with Crippen molar-refractivity contribution in [2.24, 2.45) is 4.99 Å². The number of hydrogen-bond donors (Lipinski definition) is 0. The van der Waals surface area contributed by atoms with Crippen LogP contribution in [0.3, 0.4) is 0 Å². The Hall–Kier alpha value is -3.42. The van der Waals surface area contributed by atoms with E-state index in [1.807, 2.05) is 72.5 Å². The largest absolute Gasteiger partial charge is 0.367 e. The van der Waals surface area contributed by atoms with Gasteiger partial charge in [0, 0.05) is 41.9 Å². The molecule has 43 heavy (non-hydrogen) atoms. The van der Waals surface area contributed by atoms with Gasteiger partial charge >= 0.3 is 0 Å². The van der Waals surface area contributed by atoms with Crippen molar-refractivity contribution in [1.29, 1.82) is 0 Å². The zero-order chi connectivity index (χ0) is 31.0. The van der Waals surface area contributed by atoms with Crippen LogP contribution in [0.4, 0.5) is 11.4 Å². The molecule has 0 fully saturated rings. The first-order valence-electron chi connectivity index (χ1n) is 13.6. The summed E-state index contributed by atoms with van der Waals surface area (Å²) in [5.74, 6) is 0. The van der Waals surface area contributed by atoms with Crippen molar-refractivity contribution >= 4 is 49.2 Å². The van der Waals surface area contributed by atoms with Crippen LogP contribution in [0.5, 0.6) is 0 Å². The molecule has 0 aliphatic heterocycles. The molecule has 9 nitrogen and oxygen atoms in total. The summed E-state index contributed by atoms with van der Waals surface area (Å²) in [6.45, 7) is 4.34. The second kappa shape index (κ2) is 14.4. The lowest BCUT2D eigenvalue weighted by atomic mass is 10.1. The Morgan fingerprint density at radius 2 is 1.49 bits per heavy atom. The van der Waals surface area contributed by atoms with E-state index < -0.39 is 20.2 Å². The van der Waals surface area contributed by atoms with Crippen LogP contribution in [0.2, 0.25) is 0 Å². The van der Waals surface area contributed by atoms with Gasteiger partial charge in [-0.3, -0.25) is 13.4 Å². The molecule has 1 aromatic heterocycles. The Labute approximate surface area is 258 Å². The minimum atomic E-state index is -3.60. The number of nitrogens with zero attached hydrogens (tertiary/aromatic N) is 3. The average Bonchev–Trinajstić information content (AvgIpc) is 3.30. The highest BCUT2D eigenvalue weighted by atomic mass is 32.2. The number of anilines is 1. The van der Waals surface area contributed by atoms with Crippen LogP contribution in [0.25, 0.3) is 11.3 Å². The SMILES string of the molecule is Cc1cc(N(CCOS(C)(=O)=O)CCOS(C)(=O)=O)ccc1C=Nc1ccc(-c2nc(Cc3ccccc3)sc2C)cc1. The summed E-state index contributed by atoms with van der Waals surface area (Å²) in [6.07, 6.45) is 4.58. The fourth-order valence-electron chi connectivity index (χ4n) is 4.38. The second-order valence-electron chi connectivity index (χ2n) is 10.1. The maximum absolute atomic E-state index is 11.4. The average molecular weight is 642 g/mol. The molecule has 0 aliphatic rings. The van der Waals surface area contributed by atoms with Crippen molar-refractivity contribution in [2.75, 3.05) is 43.7 Å². The molecule has 0 bridgehead atoms. The molecule has 3 aromatic carbocycles. The first-order valence-corrected chi connectivity index (χ1v) is 18.0. The fraction of sp³-hybridized carbons (Fsp3) is 0.290. The molecule has 4 aromatic rings. The predicted molar refractivity (Wildman–Crippen MR) is 174 cm³/mol. The van der Waals surface area contributed by atoms with Crippen LogP contribution in [-0.2, 0) is 35.0 Å². The molecule has 0 spiro atoms. The normalized spacial score (nSPS) is 12.2. The molecule has 0 unspecified atom stereocenters. The summed E-state index contributed by atoms with van der Waals surface area (Å²) in [5.41, 5.74) is 6.72. The van der Waals surface area contributed by atoms with E-state index in [0.717, 1.165) is 57.7 Å². The molecule has 0 aliphatic carbocycles. The summed E-state index contributed by atoms with van der Waals surface area (Å²) >= 11 is 1.72. The fourth-order valence-corrected chi connectivity index (χ4v) is 6.13. The quantitative estimate of drug-likeness (QED) is 0.131. The van der Waals surface area contributed by atoms with E-state index in [4.69, 9.17) is 13.4 Å². The molecule has 1 heterocycles. The molecule has 0 saturated carbocycles. The lowest BCUT2D eigenvalue weighted by molar-refractivity contribution is 0.309. The maximum Gasteiger partial charge on any atom is 0.264 e. The molecule has 12 heteroatoms. The van der Waals surface area contributed by atoms with E-state index in [1.165, 1.54) is 10.4 Å². The molecular weight excluding hydrogens is 607 g/mol. The van der Waals surface area contributed by atoms with Gasteiger partial charge in [0.1, 0.15) is 0 Å². The van der Waals surface area contributed by atoms with Crippen molar-refractivity contribution < 1.29 is 25.2 Å². The van der Waals surface area contributed by atoms with E-state index in [-0.39, 0.29) is 26.3 Å². The van der Waals surface area contributed by atoms with Crippen molar-refractivity contribution in [3.8, 4) is 11.3 Å². The number of aliphatic imine (C=N–C) groups is 1. The highest BCUT2D eigenvalue weighted by molar-refractivity contribution is 7.86. The number of thiazole rings is 1. The maximum atomic E-state index is 11.4. The van der Waals surface area contributed by atoms with Gasteiger partial charge in [-0.2, -0.15) is 16.8 Å². The summed E-state index contributed by atoms with van der Waals surface area (Å²) < 4.78 is 55.3. The highest BCUT2D eigenvalue weighted by Gasteiger charge is 2.13.